The smallest absolute Gasteiger partial charge is 0.0879 e. The Hall–Kier alpha value is -0.610. The molecular formula is C14H16Br2N2. The summed E-state index contributed by atoms with van der Waals surface area (Å²) in [6.45, 7) is 6.47. The number of hydrogen-bond donors (Lipinski definition) is 1. The predicted molar refractivity (Wildman–Crippen MR) is 85.5 cm³/mol. The van der Waals surface area contributed by atoms with Crippen molar-refractivity contribution in [1.82, 2.24) is 4.98 Å². The third kappa shape index (κ3) is 2.16. The topological polar surface area (TPSA) is 24.9 Å². The lowest BCUT2D eigenvalue weighted by Gasteiger charge is -2.19. The van der Waals surface area contributed by atoms with Crippen LogP contribution >= 0.6 is 31.9 Å². The molecule has 0 unspecified atom stereocenters. The number of anilines is 1. The van der Waals surface area contributed by atoms with Crippen LogP contribution in [-0.4, -0.2) is 12.0 Å². The fourth-order valence-electron chi connectivity index (χ4n) is 2.40. The van der Waals surface area contributed by atoms with Gasteiger partial charge < -0.3 is 5.32 Å². The number of nitrogens with one attached hydrogen (secondary N) is 1. The molecule has 0 aliphatic heterocycles. The Balaban J connectivity index is 2.99. The van der Waals surface area contributed by atoms with Gasteiger partial charge in [0.2, 0.25) is 0 Å². The molecule has 0 atom stereocenters. The lowest BCUT2D eigenvalue weighted by Crippen LogP contribution is -2.04. The molecule has 0 amide bonds. The number of aryl methyl sites for hydroxylation is 1. The summed E-state index contributed by atoms with van der Waals surface area (Å²) in [6, 6.07) is 4.07. The second kappa shape index (κ2) is 5.17. The van der Waals surface area contributed by atoms with Gasteiger partial charge in [0.25, 0.3) is 0 Å². The molecule has 1 aromatic carbocycles. The Bertz CT molecular complexity index is 607. The van der Waals surface area contributed by atoms with E-state index in [2.05, 4.69) is 57.9 Å². The first-order valence-electron chi connectivity index (χ1n) is 5.93. The van der Waals surface area contributed by atoms with Gasteiger partial charge in [0.1, 0.15) is 0 Å². The van der Waals surface area contributed by atoms with Crippen LogP contribution in [0.1, 0.15) is 31.0 Å². The van der Waals surface area contributed by atoms with E-state index in [-0.39, 0.29) is 0 Å². The monoisotopic (exact) mass is 370 g/mol. The molecule has 0 aliphatic carbocycles. The molecule has 2 aromatic rings. The maximum absolute atomic E-state index is 4.75. The van der Waals surface area contributed by atoms with Crippen LogP contribution in [0.25, 0.3) is 10.9 Å². The van der Waals surface area contributed by atoms with E-state index in [9.17, 15) is 0 Å². The fourth-order valence-corrected chi connectivity index (χ4v) is 3.34. The van der Waals surface area contributed by atoms with Crippen LogP contribution in [0, 0.1) is 6.92 Å². The molecule has 18 heavy (non-hydrogen) atoms. The summed E-state index contributed by atoms with van der Waals surface area (Å²) >= 11 is 7.21. The van der Waals surface area contributed by atoms with E-state index in [1.54, 1.807) is 0 Å². The number of hydrogen-bond acceptors (Lipinski definition) is 2. The van der Waals surface area contributed by atoms with Gasteiger partial charge in [-0.2, -0.15) is 0 Å². The summed E-state index contributed by atoms with van der Waals surface area (Å²) in [7, 11) is 1.97. The summed E-state index contributed by atoms with van der Waals surface area (Å²) in [5, 5.41) is 4.48. The van der Waals surface area contributed by atoms with Crippen molar-refractivity contribution in [2.75, 3.05) is 12.4 Å². The molecule has 1 heterocycles. The molecule has 0 saturated heterocycles. The third-order valence-electron chi connectivity index (χ3n) is 3.09. The van der Waals surface area contributed by atoms with Crippen LogP contribution in [0.15, 0.2) is 21.1 Å². The van der Waals surface area contributed by atoms with Gasteiger partial charge in [-0.25, -0.2) is 0 Å². The molecule has 2 rings (SSSR count). The molecule has 0 fully saturated rings. The minimum Gasteiger partial charge on any atom is -0.387 e. The van der Waals surface area contributed by atoms with Gasteiger partial charge in [-0.05, 0) is 46.5 Å². The quantitative estimate of drug-likeness (QED) is 0.781. The average Bonchev–Trinajstić information content (AvgIpc) is 2.32. The van der Waals surface area contributed by atoms with Gasteiger partial charge >= 0.3 is 0 Å². The molecule has 2 nitrogen and oxygen atoms in total. The van der Waals surface area contributed by atoms with Crippen LogP contribution in [0.4, 0.5) is 5.69 Å². The summed E-state index contributed by atoms with van der Waals surface area (Å²) in [5.74, 6) is 0.440. The zero-order chi connectivity index (χ0) is 13.4. The number of aromatic nitrogens is 1. The number of rotatable bonds is 2. The lowest BCUT2D eigenvalue weighted by atomic mass is 9.97. The average molecular weight is 372 g/mol. The fraction of sp³-hybridized carbons (Fsp3) is 0.357. The molecule has 4 heteroatoms. The first-order chi connectivity index (χ1) is 8.47. The molecule has 0 spiro atoms. The van der Waals surface area contributed by atoms with E-state index in [1.165, 1.54) is 11.3 Å². The molecule has 0 bridgehead atoms. The number of benzene rings is 1. The van der Waals surface area contributed by atoms with Crippen molar-refractivity contribution in [2.24, 2.45) is 0 Å². The van der Waals surface area contributed by atoms with Gasteiger partial charge in [-0.3, -0.25) is 4.98 Å². The zero-order valence-corrected chi connectivity index (χ0v) is 14.1. The molecule has 1 aromatic heterocycles. The summed E-state index contributed by atoms with van der Waals surface area (Å²) < 4.78 is 2.09. The SMILES string of the molecule is CNc1c(C(C)C)c(C)nc2c(Br)ccc(Br)c12. The van der Waals surface area contributed by atoms with Crippen molar-refractivity contribution in [2.45, 2.75) is 26.7 Å². The van der Waals surface area contributed by atoms with E-state index in [4.69, 9.17) is 4.98 Å². The van der Waals surface area contributed by atoms with Crippen LogP contribution < -0.4 is 5.32 Å². The van der Waals surface area contributed by atoms with E-state index >= 15 is 0 Å². The summed E-state index contributed by atoms with van der Waals surface area (Å²) in [6.07, 6.45) is 0. The molecular weight excluding hydrogens is 356 g/mol. The van der Waals surface area contributed by atoms with Crippen LogP contribution in [0.3, 0.4) is 0 Å². The van der Waals surface area contributed by atoms with Crippen molar-refractivity contribution >= 4 is 48.5 Å². The summed E-state index contributed by atoms with van der Waals surface area (Å²) in [4.78, 5) is 4.75. The van der Waals surface area contributed by atoms with Crippen LogP contribution in [0.2, 0.25) is 0 Å². The molecule has 1 N–H and O–H groups in total. The number of nitrogens with zero attached hydrogens (tertiary/aromatic N) is 1. The third-order valence-corrected chi connectivity index (χ3v) is 4.39. The van der Waals surface area contributed by atoms with Crippen molar-refractivity contribution < 1.29 is 0 Å². The van der Waals surface area contributed by atoms with Gasteiger partial charge in [-0.15, -0.1) is 0 Å². The Morgan fingerprint density at radius 2 is 1.78 bits per heavy atom. The Morgan fingerprint density at radius 1 is 1.17 bits per heavy atom. The van der Waals surface area contributed by atoms with Crippen molar-refractivity contribution in [3.63, 3.8) is 0 Å². The van der Waals surface area contributed by atoms with Gasteiger partial charge in [-0.1, -0.05) is 29.8 Å². The van der Waals surface area contributed by atoms with Gasteiger partial charge in [0.05, 0.1) is 5.52 Å². The highest BCUT2D eigenvalue weighted by Gasteiger charge is 2.17. The Labute approximate surface area is 124 Å². The largest absolute Gasteiger partial charge is 0.387 e. The molecule has 0 saturated carbocycles. The Morgan fingerprint density at radius 3 is 2.33 bits per heavy atom. The van der Waals surface area contributed by atoms with Crippen molar-refractivity contribution in [1.29, 1.82) is 0 Å². The molecule has 0 radical (unpaired) electrons. The van der Waals surface area contributed by atoms with Gasteiger partial charge in [0.15, 0.2) is 0 Å². The zero-order valence-electron chi connectivity index (χ0n) is 10.9. The lowest BCUT2D eigenvalue weighted by molar-refractivity contribution is 0.849. The van der Waals surface area contributed by atoms with Crippen LogP contribution in [-0.2, 0) is 0 Å². The van der Waals surface area contributed by atoms with E-state index in [0.29, 0.717) is 5.92 Å². The maximum Gasteiger partial charge on any atom is 0.0879 e. The van der Waals surface area contributed by atoms with Crippen molar-refractivity contribution in [3.05, 3.63) is 32.3 Å². The van der Waals surface area contributed by atoms with E-state index in [1.807, 2.05) is 19.2 Å². The standard InChI is InChI=1S/C14H16Br2N2/c1-7(2)11-8(3)18-13-10(16)6-5-9(15)12(13)14(11)17-4/h5-7H,1-4H3,(H,17,18). The minimum absolute atomic E-state index is 0.440. The maximum atomic E-state index is 4.75. The molecule has 0 aliphatic rings. The molecule has 96 valence electrons. The number of halogens is 2. The first kappa shape index (κ1) is 13.8. The predicted octanol–water partition coefficient (Wildman–Crippen LogP) is 5.23. The number of pyridine rings is 1. The van der Waals surface area contributed by atoms with Crippen LogP contribution in [0.5, 0.6) is 0 Å². The van der Waals surface area contributed by atoms with E-state index < -0.39 is 0 Å². The van der Waals surface area contributed by atoms with Crippen molar-refractivity contribution in [3.8, 4) is 0 Å². The second-order valence-corrected chi connectivity index (χ2v) is 6.35. The van der Waals surface area contributed by atoms with Gasteiger partial charge in [0, 0.05) is 32.8 Å². The second-order valence-electron chi connectivity index (χ2n) is 4.64. The minimum atomic E-state index is 0.440. The number of fused-ring (bicyclic) bond motifs is 1. The normalized spacial score (nSPS) is 11.3. The highest BCUT2D eigenvalue weighted by atomic mass is 79.9. The first-order valence-corrected chi connectivity index (χ1v) is 7.52. The van der Waals surface area contributed by atoms with E-state index in [0.717, 1.165) is 25.5 Å². The highest BCUT2D eigenvalue weighted by Crippen LogP contribution is 2.39. The summed E-state index contributed by atoms with van der Waals surface area (Å²) in [5.41, 5.74) is 4.53. The highest BCUT2D eigenvalue weighted by molar-refractivity contribution is 9.11. The Kier molecular flexibility index (Phi) is 3.97.